The Hall–Kier alpha value is -0.770. The highest BCUT2D eigenvalue weighted by Gasteiger charge is 2.42. The second-order valence-corrected chi connectivity index (χ2v) is 4.86. The molecule has 2 nitrogen and oxygen atoms in total. The van der Waals surface area contributed by atoms with Crippen LogP contribution in [0.4, 0.5) is 26.3 Å². The molecule has 0 bridgehead atoms. The number of aromatic carboxylic acids is 1. The number of carbonyl (C=O) groups is 1. The molecule has 1 rings (SSSR count). The molecule has 1 N–H and O–H groups in total. The third-order valence-corrected chi connectivity index (χ3v) is 3.67. The van der Waals surface area contributed by atoms with Crippen molar-refractivity contribution in [2.75, 3.05) is 0 Å². The number of carboxylic acids is 1. The second kappa shape index (κ2) is 4.97. The summed E-state index contributed by atoms with van der Waals surface area (Å²) >= 11 is 4.74. The molecular formula is C9H2Br2F6O2. The first-order valence-electron chi connectivity index (χ1n) is 4.27. The van der Waals surface area contributed by atoms with Crippen LogP contribution in [0.15, 0.2) is 15.0 Å². The number of benzene rings is 1. The van der Waals surface area contributed by atoms with E-state index < -0.39 is 44.0 Å². The smallest absolute Gasteiger partial charge is 0.417 e. The lowest BCUT2D eigenvalue weighted by Gasteiger charge is -2.17. The van der Waals surface area contributed by atoms with Crippen LogP contribution in [-0.4, -0.2) is 11.1 Å². The van der Waals surface area contributed by atoms with Crippen molar-refractivity contribution < 1.29 is 36.2 Å². The van der Waals surface area contributed by atoms with Crippen molar-refractivity contribution in [2.45, 2.75) is 12.4 Å². The summed E-state index contributed by atoms with van der Waals surface area (Å²) in [6.45, 7) is 0. The average Bonchev–Trinajstić information content (AvgIpc) is 2.12. The number of hydrogen-bond donors (Lipinski definition) is 1. The van der Waals surface area contributed by atoms with E-state index in [1.165, 1.54) is 0 Å². The lowest BCUT2D eigenvalue weighted by atomic mass is 10.0. The molecule has 0 aliphatic heterocycles. The van der Waals surface area contributed by atoms with Gasteiger partial charge in [0.2, 0.25) is 0 Å². The maximum atomic E-state index is 12.6. The van der Waals surface area contributed by atoms with Crippen LogP contribution in [0.5, 0.6) is 0 Å². The minimum atomic E-state index is -5.12. The van der Waals surface area contributed by atoms with Crippen molar-refractivity contribution in [3.63, 3.8) is 0 Å². The summed E-state index contributed by atoms with van der Waals surface area (Å²) in [5, 5.41) is 8.73. The van der Waals surface area contributed by atoms with Gasteiger partial charge in [-0.3, -0.25) is 0 Å². The van der Waals surface area contributed by atoms with Gasteiger partial charge in [-0.25, -0.2) is 4.79 Å². The van der Waals surface area contributed by atoms with E-state index in [4.69, 9.17) is 5.11 Å². The third kappa shape index (κ3) is 3.22. The second-order valence-electron chi connectivity index (χ2n) is 3.28. The molecule has 1 aromatic rings. The Bertz CT molecular complexity index is 497. The number of rotatable bonds is 1. The fraction of sp³-hybridized carbons (Fsp3) is 0.222. The van der Waals surface area contributed by atoms with Gasteiger partial charge in [0.1, 0.15) is 0 Å². The highest BCUT2D eigenvalue weighted by molar-refractivity contribution is 9.11. The topological polar surface area (TPSA) is 37.3 Å². The molecule has 1 aromatic carbocycles. The number of hydrogen-bond acceptors (Lipinski definition) is 1. The fourth-order valence-electron chi connectivity index (χ4n) is 1.24. The van der Waals surface area contributed by atoms with Gasteiger partial charge in [0.05, 0.1) is 16.7 Å². The average molecular weight is 416 g/mol. The summed E-state index contributed by atoms with van der Waals surface area (Å²) < 4.78 is 73.6. The zero-order chi connectivity index (χ0) is 15.2. The van der Waals surface area contributed by atoms with Crippen LogP contribution in [0.25, 0.3) is 0 Å². The van der Waals surface area contributed by atoms with Crippen LogP contribution in [0, 0.1) is 0 Å². The van der Waals surface area contributed by atoms with E-state index >= 15 is 0 Å². The van der Waals surface area contributed by atoms with Crippen LogP contribution < -0.4 is 0 Å². The van der Waals surface area contributed by atoms with Gasteiger partial charge in [-0.05, 0) is 37.9 Å². The molecule has 0 aromatic heterocycles. The molecule has 0 saturated carbocycles. The highest BCUT2D eigenvalue weighted by atomic mass is 79.9. The number of halogens is 8. The van der Waals surface area contributed by atoms with Crippen molar-refractivity contribution >= 4 is 37.8 Å². The molecule has 0 aliphatic carbocycles. The van der Waals surface area contributed by atoms with Crippen molar-refractivity contribution in [1.82, 2.24) is 0 Å². The lowest BCUT2D eigenvalue weighted by Crippen LogP contribution is -2.16. The molecule has 0 spiro atoms. The van der Waals surface area contributed by atoms with Crippen LogP contribution >= 0.6 is 31.9 Å². The van der Waals surface area contributed by atoms with Crippen molar-refractivity contribution in [2.24, 2.45) is 0 Å². The van der Waals surface area contributed by atoms with E-state index in [9.17, 15) is 31.1 Å². The Morgan fingerprint density at radius 1 is 0.947 bits per heavy atom. The maximum absolute atomic E-state index is 12.6. The van der Waals surface area contributed by atoms with Crippen LogP contribution in [0.2, 0.25) is 0 Å². The minimum Gasteiger partial charge on any atom is -0.478 e. The summed E-state index contributed by atoms with van der Waals surface area (Å²) in [5.41, 5.74) is -4.55. The first-order valence-corrected chi connectivity index (χ1v) is 5.85. The lowest BCUT2D eigenvalue weighted by molar-refractivity contribution is -0.143. The summed E-state index contributed by atoms with van der Waals surface area (Å²) in [7, 11) is 0. The Morgan fingerprint density at radius 3 is 1.47 bits per heavy atom. The largest absolute Gasteiger partial charge is 0.478 e. The molecule has 106 valence electrons. The molecule has 0 unspecified atom stereocenters. The maximum Gasteiger partial charge on any atom is 0.417 e. The molecule has 0 saturated heterocycles. The molecule has 0 fully saturated rings. The monoisotopic (exact) mass is 414 g/mol. The Kier molecular flexibility index (Phi) is 4.26. The summed E-state index contributed by atoms with van der Waals surface area (Å²) in [6, 6.07) is -0.152. The summed E-state index contributed by atoms with van der Waals surface area (Å²) in [5.74, 6) is -1.92. The third-order valence-electron chi connectivity index (χ3n) is 2.03. The highest BCUT2D eigenvalue weighted by Crippen LogP contribution is 2.45. The molecular weight excluding hydrogens is 414 g/mol. The van der Waals surface area contributed by atoms with Crippen LogP contribution in [0.1, 0.15) is 21.5 Å². The van der Waals surface area contributed by atoms with Crippen LogP contribution in [0.3, 0.4) is 0 Å². The van der Waals surface area contributed by atoms with Gasteiger partial charge < -0.3 is 5.11 Å². The van der Waals surface area contributed by atoms with Crippen molar-refractivity contribution in [1.29, 1.82) is 0 Å². The van der Waals surface area contributed by atoms with Gasteiger partial charge in [0.25, 0.3) is 0 Å². The predicted molar refractivity (Wildman–Crippen MR) is 58.8 cm³/mol. The van der Waals surface area contributed by atoms with E-state index in [1.54, 1.807) is 0 Å². The van der Waals surface area contributed by atoms with Gasteiger partial charge in [-0.1, -0.05) is 0 Å². The summed E-state index contributed by atoms with van der Waals surface area (Å²) in [6.07, 6.45) is -10.2. The predicted octanol–water partition coefficient (Wildman–Crippen LogP) is 4.95. The van der Waals surface area contributed by atoms with E-state index in [0.29, 0.717) is 0 Å². The van der Waals surface area contributed by atoms with Gasteiger partial charge in [-0.15, -0.1) is 0 Å². The van der Waals surface area contributed by atoms with Gasteiger partial charge >= 0.3 is 18.3 Å². The van der Waals surface area contributed by atoms with Gasteiger partial charge in [-0.2, -0.15) is 26.3 Å². The van der Waals surface area contributed by atoms with E-state index in [-0.39, 0.29) is 6.07 Å². The molecule has 19 heavy (non-hydrogen) atoms. The molecule has 0 amide bonds. The van der Waals surface area contributed by atoms with E-state index in [0.717, 1.165) is 0 Å². The molecule has 10 heteroatoms. The number of carboxylic acid groups (broad SMARTS) is 1. The Morgan fingerprint density at radius 2 is 1.26 bits per heavy atom. The standard InChI is InChI=1S/C9H2Br2F6O2/c10-5-2(8(12,13)14)1-3(9(15,16)17)6(11)4(5)7(18)19/h1H,(H,18,19). The Balaban J connectivity index is 3.81. The summed E-state index contributed by atoms with van der Waals surface area (Å²) in [4.78, 5) is 10.8. The van der Waals surface area contributed by atoms with Crippen LogP contribution in [-0.2, 0) is 12.4 Å². The van der Waals surface area contributed by atoms with Crippen molar-refractivity contribution in [3.05, 3.63) is 31.7 Å². The first kappa shape index (κ1) is 16.3. The van der Waals surface area contributed by atoms with Crippen molar-refractivity contribution in [3.8, 4) is 0 Å². The number of alkyl halides is 6. The molecule has 0 aliphatic rings. The Labute approximate surface area is 118 Å². The quantitative estimate of drug-likeness (QED) is 0.659. The minimum absolute atomic E-state index is 0.152. The normalized spacial score (nSPS) is 12.6. The SMILES string of the molecule is O=C(O)c1c(Br)c(C(F)(F)F)cc(C(F)(F)F)c1Br. The fourth-order valence-corrected chi connectivity index (χ4v) is 2.92. The van der Waals surface area contributed by atoms with Gasteiger partial charge in [0, 0.05) is 8.95 Å². The van der Waals surface area contributed by atoms with Gasteiger partial charge in [0.15, 0.2) is 0 Å². The zero-order valence-electron chi connectivity index (χ0n) is 8.46. The van der Waals surface area contributed by atoms with E-state index in [1.807, 2.05) is 0 Å². The molecule has 0 radical (unpaired) electrons. The van der Waals surface area contributed by atoms with E-state index in [2.05, 4.69) is 31.9 Å². The zero-order valence-corrected chi connectivity index (χ0v) is 11.6. The first-order chi connectivity index (χ1) is 8.37. The molecule has 0 heterocycles. The molecule has 0 atom stereocenters.